The molecule has 4 nitrogen and oxygen atoms in total. The quantitative estimate of drug-likeness (QED) is 0.819. The molecule has 1 unspecified atom stereocenters. The highest BCUT2D eigenvalue weighted by Crippen LogP contribution is 2.23. The van der Waals surface area contributed by atoms with E-state index >= 15 is 0 Å². The average Bonchev–Trinajstić information content (AvgIpc) is 2.51. The van der Waals surface area contributed by atoms with Crippen LogP contribution < -0.4 is 10.1 Å². The summed E-state index contributed by atoms with van der Waals surface area (Å²) < 4.78 is 5.80. The largest absolute Gasteiger partial charge is 0.491 e. The zero-order valence-corrected chi connectivity index (χ0v) is 11.9. The first kappa shape index (κ1) is 14.3. The highest BCUT2D eigenvalue weighted by Gasteiger charge is 2.20. The van der Waals surface area contributed by atoms with E-state index in [9.17, 15) is 0 Å². The zero-order valence-electron chi connectivity index (χ0n) is 11.9. The molecule has 1 aromatic carbocycles. The lowest BCUT2D eigenvalue weighted by molar-refractivity contribution is 0.291. The van der Waals surface area contributed by atoms with Crippen LogP contribution in [0.3, 0.4) is 0 Å². The molecule has 2 aromatic rings. The molecule has 0 amide bonds. The molecule has 0 spiro atoms. The summed E-state index contributed by atoms with van der Waals surface area (Å²) in [6, 6.07) is 12.1. The van der Waals surface area contributed by atoms with E-state index in [1.165, 1.54) is 0 Å². The van der Waals surface area contributed by atoms with E-state index < -0.39 is 5.54 Å². The van der Waals surface area contributed by atoms with Crippen molar-refractivity contribution in [1.29, 1.82) is 5.26 Å². The minimum Gasteiger partial charge on any atom is -0.491 e. The van der Waals surface area contributed by atoms with Crippen LogP contribution in [0.25, 0.3) is 10.9 Å². The summed E-state index contributed by atoms with van der Waals surface area (Å²) in [7, 11) is 1.80. The lowest BCUT2D eigenvalue weighted by atomic mass is 9.98. The Morgan fingerprint density at radius 1 is 1.35 bits per heavy atom. The Bertz CT molecular complexity index is 615. The molecule has 0 aliphatic rings. The molecular weight excluding hydrogens is 250 g/mol. The van der Waals surface area contributed by atoms with E-state index in [4.69, 9.17) is 10.00 Å². The van der Waals surface area contributed by atoms with Gasteiger partial charge in [0.15, 0.2) is 0 Å². The third kappa shape index (κ3) is 3.25. The Balaban J connectivity index is 1.96. The Morgan fingerprint density at radius 3 is 2.90 bits per heavy atom. The molecular formula is C16H19N3O. The van der Waals surface area contributed by atoms with Gasteiger partial charge in [-0.05, 0) is 38.9 Å². The fraction of sp³-hybridized carbons (Fsp3) is 0.375. The predicted molar refractivity (Wildman–Crippen MR) is 79.5 cm³/mol. The van der Waals surface area contributed by atoms with Gasteiger partial charge in [-0.2, -0.15) is 5.26 Å². The van der Waals surface area contributed by atoms with Gasteiger partial charge in [-0.3, -0.25) is 4.98 Å². The van der Waals surface area contributed by atoms with Crippen molar-refractivity contribution in [3.8, 4) is 11.8 Å². The first-order chi connectivity index (χ1) is 9.68. The van der Waals surface area contributed by atoms with Crippen LogP contribution in [0.1, 0.15) is 19.8 Å². The Hall–Kier alpha value is -2.12. The maximum Gasteiger partial charge on any atom is 0.145 e. The van der Waals surface area contributed by atoms with Crippen LogP contribution in [0.15, 0.2) is 36.5 Å². The number of rotatable bonds is 6. The predicted octanol–water partition coefficient (Wildman–Crippen LogP) is 2.90. The van der Waals surface area contributed by atoms with Gasteiger partial charge in [0, 0.05) is 11.6 Å². The maximum absolute atomic E-state index is 9.08. The number of para-hydroxylation sites is 1. The van der Waals surface area contributed by atoms with Gasteiger partial charge < -0.3 is 10.1 Å². The zero-order chi connectivity index (χ0) is 14.4. The van der Waals surface area contributed by atoms with Gasteiger partial charge >= 0.3 is 0 Å². The summed E-state index contributed by atoms with van der Waals surface area (Å²) in [6.45, 7) is 2.47. The summed E-state index contributed by atoms with van der Waals surface area (Å²) in [5.41, 5.74) is 0.395. The van der Waals surface area contributed by atoms with Crippen molar-refractivity contribution in [2.24, 2.45) is 0 Å². The Labute approximate surface area is 119 Å². The molecule has 0 fully saturated rings. The van der Waals surface area contributed by atoms with Crippen molar-refractivity contribution >= 4 is 10.9 Å². The second kappa shape index (κ2) is 6.36. The SMILES string of the molecule is CNC(C)(C#N)CCCOc1cccc2cccnc12. The number of aromatic nitrogens is 1. The summed E-state index contributed by atoms with van der Waals surface area (Å²) in [5, 5.41) is 13.2. The number of nitrogens with one attached hydrogen (secondary N) is 1. The number of nitriles is 1. The van der Waals surface area contributed by atoms with Gasteiger partial charge in [0.05, 0.1) is 12.7 Å². The fourth-order valence-corrected chi connectivity index (χ4v) is 2.04. The maximum atomic E-state index is 9.08. The van der Waals surface area contributed by atoms with E-state index in [0.717, 1.165) is 29.5 Å². The topological polar surface area (TPSA) is 57.9 Å². The highest BCUT2D eigenvalue weighted by atomic mass is 16.5. The van der Waals surface area contributed by atoms with Crippen LogP contribution >= 0.6 is 0 Å². The van der Waals surface area contributed by atoms with E-state index in [1.807, 2.05) is 37.3 Å². The highest BCUT2D eigenvalue weighted by molar-refractivity contribution is 5.84. The molecule has 1 atom stereocenters. The monoisotopic (exact) mass is 269 g/mol. The molecule has 4 heteroatoms. The second-order valence-electron chi connectivity index (χ2n) is 4.98. The molecule has 1 heterocycles. The molecule has 1 N–H and O–H groups in total. The average molecular weight is 269 g/mol. The first-order valence-corrected chi connectivity index (χ1v) is 6.75. The van der Waals surface area contributed by atoms with Gasteiger partial charge in [0.1, 0.15) is 16.8 Å². The summed E-state index contributed by atoms with van der Waals surface area (Å²) in [4.78, 5) is 4.35. The van der Waals surface area contributed by atoms with E-state index in [2.05, 4.69) is 16.4 Å². The van der Waals surface area contributed by atoms with Crippen molar-refractivity contribution < 1.29 is 4.74 Å². The van der Waals surface area contributed by atoms with Crippen LogP contribution in [0.2, 0.25) is 0 Å². The van der Waals surface area contributed by atoms with Gasteiger partial charge in [-0.25, -0.2) is 0 Å². The van der Waals surface area contributed by atoms with Gasteiger partial charge in [0.2, 0.25) is 0 Å². The normalized spacial score (nSPS) is 13.7. The van der Waals surface area contributed by atoms with E-state index in [-0.39, 0.29) is 0 Å². The summed E-state index contributed by atoms with van der Waals surface area (Å²) >= 11 is 0. The van der Waals surface area contributed by atoms with Crippen LogP contribution in [-0.4, -0.2) is 24.2 Å². The van der Waals surface area contributed by atoms with Crippen LogP contribution in [0, 0.1) is 11.3 Å². The molecule has 0 radical (unpaired) electrons. The molecule has 1 aromatic heterocycles. The minimum atomic E-state index is -0.486. The van der Waals surface area contributed by atoms with Crippen molar-refractivity contribution in [3.05, 3.63) is 36.5 Å². The molecule has 0 bridgehead atoms. The summed E-state index contributed by atoms with van der Waals surface area (Å²) in [6.07, 6.45) is 3.33. The number of ether oxygens (including phenoxy) is 1. The van der Waals surface area contributed by atoms with Crippen LogP contribution in [0.4, 0.5) is 0 Å². The van der Waals surface area contributed by atoms with Crippen LogP contribution in [-0.2, 0) is 0 Å². The molecule has 104 valence electrons. The number of nitrogens with zero attached hydrogens (tertiary/aromatic N) is 2. The molecule has 0 aliphatic heterocycles. The number of pyridine rings is 1. The molecule has 2 rings (SSSR count). The number of fused-ring (bicyclic) bond motifs is 1. The van der Waals surface area contributed by atoms with Crippen molar-refractivity contribution in [2.45, 2.75) is 25.3 Å². The molecule has 0 saturated carbocycles. The van der Waals surface area contributed by atoms with Gasteiger partial charge in [-0.1, -0.05) is 18.2 Å². The van der Waals surface area contributed by atoms with E-state index in [1.54, 1.807) is 13.2 Å². The number of hydrogen-bond acceptors (Lipinski definition) is 4. The number of benzene rings is 1. The third-order valence-electron chi connectivity index (χ3n) is 3.47. The fourth-order valence-electron chi connectivity index (χ4n) is 2.04. The first-order valence-electron chi connectivity index (χ1n) is 6.75. The molecule has 0 saturated heterocycles. The van der Waals surface area contributed by atoms with Crippen LogP contribution in [0.5, 0.6) is 5.75 Å². The lowest BCUT2D eigenvalue weighted by Gasteiger charge is -2.20. The minimum absolute atomic E-state index is 0.486. The van der Waals surface area contributed by atoms with Crippen molar-refractivity contribution in [3.63, 3.8) is 0 Å². The second-order valence-corrected chi connectivity index (χ2v) is 4.98. The third-order valence-corrected chi connectivity index (χ3v) is 3.47. The Morgan fingerprint density at radius 2 is 2.15 bits per heavy atom. The van der Waals surface area contributed by atoms with E-state index in [0.29, 0.717) is 6.61 Å². The number of hydrogen-bond donors (Lipinski definition) is 1. The van der Waals surface area contributed by atoms with Crippen molar-refractivity contribution in [2.75, 3.05) is 13.7 Å². The standard InChI is InChI=1S/C16H19N3O/c1-16(12-17,18-2)9-5-11-20-14-8-3-6-13-7-4-10-19-15(13)14/h3-4,6-8,10,18H,5,9,11H2,1-2H3. The van der Waals surface area contributed by atoms with Gasteiger partial charge in [-0.15, -0.1) is 0 Å². The Kier molecular flexibility index (Phi) is 4.54. The summed E-state index contributed by atoms with van der Waals surface area (Å²) in [5.74, 6) is 0.797. The van der Waals surface area contributed by atoms with Gasteiger partial charge in [0.25, 0.3) is 0 Å². The molecule has 20 heavy (non-hydrogen) atoms. The van der Waals surface area contributed by atoms with Crippen molar-refractivity contribution in [1.82, 2.24) is 10.3 Å². The smallest absolute Gasteiger partial charge is 0.145 e. The lowest BCUT2D eigenvalue weighted by Crippen LogP contribution is -2.38. The molecule has 0 aliphatic carbocycles.